The number of carbonyl (C=O) groups is 1. The number of rotatable bonds is 3. The third-order valence-electron chi connectivity index (χ3n) is 3.82. The Balaban J connectivity index is 1.71. The van der Waals surface area contributed by atoms with Gasteiger partial charge in [-0.1, -0.05) is 0 Å². The van der Waals surface area contributed by atoms with Crippen molar-refractivity contribution in [3.8, 4) is 0 Å². The van der Waals surface area contributed by atoms with Crippen molar-refractivity contribution in [2.24, 2.45) is 11.3 Å². The lowest BCUT2D eigenvalue weighted by Crippen LogP contribution is -2.21. The van der Waals surface area contributed by atoms with Gasteiger partial charge in [0.15, 0.2) is 0 Å². The van der Waals surface area contributed by atoms with E-state index in [-0.39, 0.29) is 11.3 Å². The molecule has 0 atom stereocenters. The Bertz CT molecular complexity index is 514. The van der Waals surface area contributed by atoms with Crippen molar-refractivity contribution in [2.45, 2.75) is 32.5 Å². The molecular formula is C11H12F3N3O. The summed E-state index contributed by atoms with van der Waals surface area (Å²) in [4.78, 5) is 11.8. The first-order chi connectivity index (χ1) is 8.32. The molecule has 2 fully saturated rings. The van der Waals surface area contributed by atoms with Gasteiger partial charge in [-0.25, -0.2) is 0 Å². The standard InChI is InChI=1S/C11H12F3N3O/c1-6-8(4-15-17(6)5-11(12,13)14)16-9(18)10-2-7(10)3-10/h4,7H,2-3,5H2,1H3,(H,16,18). The minimum absolute atomic E-state index is 0.0813. The number of aromatic nitrogens is 2. The maximum absolute atomic E-state index is 12.3. The Hall–Kier alpha value is -1.53. The molecule has 7 heteroatoms. The van der Waals surface area contributed by atoms with E-state index in [4.69, 9.17) is 0 Å². The van der Waals surface area contributed by atoms with Crippen LogP contribution < -0.4 is 5.32 Å². The van der Waals surface area contributed by atoms with Crippen molar-refractivity contribution in [1.29, 1.82) is 0 Å². The van der Waals surface area contributed by atoms with E-state index >= 15 is 0 Å². The molecule has 2 saturated carbocycles. The summed E-state index contributed by atoms with van der Waals surface area (Å²) >= 11 is 0. The minimum Gasteiger partial charge on any atom is -0.323 e. The Morgan fingerprint density at radius 2 is 2.22 bits per heavy atom. The molecule has 2 aliphatic rings. The highest BCUT2D eigenvalue weighted by Gasteiger charge is 2.74. The summed E-state index contributed by atoms with van der Waals surface area (Å²) in [6.07, 6.45) is -1.21. The van der Waals surface area contributed by atoms with Crippen LogP contribution in [0.1, 0.15) is 18.5 Å². The van der Waals surface area contributed by atoms with Crippen molar-refractivity contribution >= 4 is 11.6 Å². The highest BCUT2D eigenvalue weighted by molar-refractivity contribution is 6.00. The van der Waals surface area contributed by atoms with Crippen molar-refractivity contribution in [2.75, 3.05) is 5.32 Å². The number of hydrogen-bond donors (Lipinski definition) is 1. The van der Waals surface area contributed by atoms with Crippen molar-refractivity contribution < 1.29 is 18.0 Å². The number of carbonyl (C=O) groups excluding carboxylic acids is 1. The van der Waals surface area contributed by atoms with Crippen molar-refractivity contribution in [1.82, 2.24) is 9.78 Å². The molecule has 0 radical (unpaired) electrons. The first-order valence-electron chi connectivity index (χ1n) is 5.72. The van der Waals surface area contributed by atoms with E-state index in [9.17, 15) is 18.0 Å². The van der Waals surface area contributed by atoms with E-state index in [2.05, 4.69) is 10.4 Å². The summed E-state index contributed by atoms with van der Waals surface area (Å²) in [7, 11) is 0. The summed E-state index contributed by atoms with van der Waals surface area (Å²) in [5, 5.41) is 6.32. The van der Waals surface area contributed by atoms with Crippen LogP contribution >= 0.6 is 0 Å². The SMILES string of the molecule is Cc1c(NC(=O)C23CC2C3)cnn1CC(F)(F)F. The van der Waals surface area contributed by atoms with Crippen molar-refractivity contribution in [3.05, 3.63) is 11.9 Å². The average Bonchev–Trinajstić information content (AvgIpc) is 3.04. The van der Waals surface area contributed by atoms with Gasteiger partial charge in [-0.3, -0.25) is 9.48 Å². The van der Waals surface area contributed by atoms with Gasteiger partial charge in [0, 0.05) is 0 Å². The number of nitrogens with zero attached hydrogens (tertiary/aromatic N) is 2. The number of amides is 1. The predicted octanol–water partition coefficient (Wildman–Crippen LogP) is 2.10. The quantitative estimate of drug-likeness (QED) is 0.903. The Morgan fingerprint density at radius 1 is 1.61 bits per heavy atom. The lowest BCUT2D eigenvalue weighted by atomic mass is 10.2. The molecule has 0 aliphatic heterocycles. The number of nitrogens with one attached hydrogen (secondary N) is 1. The third kappa shape index (κ3) is 1.77. The van der Waals surface area contributed by atoms with Gasteiger partial charge < -0.3 is 5.32 Å². The number of fused-ring (bicyclic) bond motifs is 1. The molecule has 0 spiro atoms. The molecule has 1 aromatic rings. The second-order valence-electron chi connectivity index (χ2n) is 5.13. The van der Waals surface area contributed by atoms with E-state index < -0.39 is 12.7 Å². The van der Waals surface area contributed by atoms with Gasteiger partial charge in [0.2, 0.25) is 5.91 Å². The van der Waals surface area contributed by atoms with Gasteiger partial charge in [0.1, 0.15) is 6.54 Å². The second-order valence-corrected chi connectivity index (χ2v) is 5.13. The van der Waals surface area contributed by atoms with Crippen LogP contribution in [0.2, 0.25) is 0 Å². The molecule has 1 N–H and O–H groups in total. The summed E-state index contributed by atoms with van der Waals surface area (Å²) in [6.45, 7) is 0.381. The summed E-state index contributed by atoms with van der Waals surface area (Å²) in [6, 6.07) is 0. The topological polar surface area (TPSA) is 46.9 Å². The highest BCUT2D eigenvalue weighted by Crippen LogP contribution is 2.75. The van der Waals surface area contributed by atoms with Crippen LogP contribution in [0.4, 0.5) is 18.9 Å². The van der Waals surface area contributed by atoms with Gasteiger partial charge in [-0.05, 0) is 25.7 Å². The Labute approximate surface area is 101 Å². The largest absolute Gasteiger partial charge is 0.408 e. The van der Waals surface area contributed by atoms with Gasteiger partial charge in [-0.2, -0.15) is 18.3 Å². The molecule has 0 bridgehead atoms. The Kier molecular flexibility index (Phi) is 2.10. The van der Waals surface area contributed by atoms with Crippen LogP contribution in [0.5, 0.6) is 0 Å². The molecule has 0 aromatic carbocycles. The molecule has 1 aromatic heterocycles. The predicted molar refractivity (Wildman–Crippen MR) is 56.8 cm³/mol. The van der Waals surface area contributed by atoms with Gasteiger partial charge in [-0.15, -0.1) is 0 Å². The number of halogens is 3. The Morgan fingerprint density at radius 3 is 2.72 bits per heavy atom. The maximum Gasteiger partial charge on any atom is 0.408 e. The lowest BCUT2D eigenvalue weighted by molar-refractivity contribution is -0.142. The minimum atomic E-state index is -4.31. The summed E-state index contributed by atoms with van der Waals surface area (Å²) < 4.78 is 37.6. The number of anilines is 1. The van der Waals surface area contributed by atoms with Crippen LogP contribution in [-0.4, -0.2) is 21.9 Å². The first kappa shape index (κ1) is 11.6. The molecule has 98 valence electrons. The van der Waals surface area contributed by atoms with Gasteiger partial charge in [0.05, 0.1) is 23.0 Å². The van der Waals surface area contributed by atoms with Gasteiger partial charge in [0.25, 0.3) is 0 Å². The smallest absolute Gasteiger partial charge is 0.323 e. The fraction of sp³-hybridized carbons (Fsp3) is 0.636. The zero-order valence-electron chi connectivity index (χ0n) is 9.71. The molecule has 4 nitrogen and oxygen atoms in total. The van der Waals surface area contributed by atoms with E-state index in [1.54, 1.807) is 0 Å². The zero-order chi connectivity index (χ0) is 13.1. The van der Waals surface area contributed by atoms with Crippen molar-refractivity contribution in [3.63, 3.8) is 0 Å². The van der Waals surface area contributed by atoms with Gasteiger partial charge >= 0.3 is 6.18 Å². The van der Waals surface area contributed by atoms with Crippen LogP contribution in [0.25, 0.3) is 0 Å². The number of alkyl halides is 3. The lowest BCUT2D eigenvalue weighted by Gasteiger charge is -2.09. The van der Waals surface area contributed by atoms with Crippen LogP contribution in [0.3, 0.4) is 0 Å². The van der Waals surface area contributed by atoms with E-state index in [1.807, 2.05) is 0 Å². The second kappa shape index (κ2) is 3.27. The summed E-state index contributed by atoms with van der Waals surface area (Å²) in [5.41, 5.74) is 0.504. The highest BCUT2D eigenvalue weighted by atomic mass is 19.4. The molecule has 1 heterocycles. The van der Waals surface area contributed by atoms with Crippen LogP contribution in [0, 0.1) is 18.3 Å². The number of hydrogen-bond acceptors (Lipinski definition) is 2. The zero-order valence-corrected chi connectivity index (χ0v) is 9.71. The average molecular weight is 259 g/mol. The fourth-order valence-corrected chi connectivity index (χ4v) is 2.22. The monoisotopic (exact) mass is 259 g/mol. The third-order valence-corrected chi connectivity index (χ3v) is 3.82. The molecule has 0 unspecified atom stereocenters. The van der Waals surface area contributed by atoms with Crippen LogP contribution in [0.15, 0.2) is 6.20 Å². The fourth-order valence-electron chi connectivity index (χ4n) is 2.22. The maximum atomic E-state index is 12.3. The molecular weight excluding hydrogens is 247 g/mol. The molecule has 3 rings (SSSR count). The van der Waals surface area contributed by atoms with E-state index in [0.717, 1.165) is 17.5 Å². The normalized spacial score (nSPS) is 28.8. The summed E-state index contributed by atoms with van der Waals surface area (Å²) in [5.74, 6) is 0.421. The molecule has 2 aliphatic carbocycles. The van der Waals surface area contributed by atoms with E-state index in [0.29, 0.717) is 17.3 Å². The molecule has 1 amide bonds. The van der Waals surface area contributed by atoms with Crippen LogP contribution in [-0.2, 0) is 11.3 Å². The first-order valence-corrected chi connectivity index (χ1v) is 5.72. The molecule has 0 saturated heterocycles. The van der Waals surface area contributed by atoms with E-state index in [1.165, 1.54) is 13.1 Å². The molecule has 18 heavy (non-hydrogen) atoms.